The topological polar surface area (TPSA) is 26.3 Å². The van der Waals surface area contributed by atoms with Crippen LogP contribution in [0.15, 0.2) is 36.4 Å². The number of aryl methyl sites for hydroxylation is 1. The Balaban J connectivity index is 2.25. The Morgan fingerprint density at radius 3 is 2.54 bits per heavy atom. The third-order valence-corrected chi connectivity index (χ3v) is 5.82. The van der Waals surface area contributed by atoms with E-state index in [1.54, 1.807) is 6.92 Å². The largest absolute Gasteiger partial charge is 0.360 e. The van der Waals surface area contributed by atoms with Crippen LogP contribution < -0.4 is 0 Å². The summed E-state index contributed by atoms with van der Waals surface area (Å²) in [5, 5.41) is 2.46. The number of hydrogen-bond donors (Lipinski definition) is 0. The summed E-state index contributed by atoms with van der Waals surface area (Å²) in [4.78, 5) is 12.7. The van der Waals surface area contributed by atoms with E-state index >= 15 is 0 Å². The molecular weight excluding hydrogens is 344 g/mol. The second-order valence-electron chi connectivity index (χ2n) is 9.20. The average molecular weight is 379 g/mol. The lowest BCUT2D eigenvalue weighted by molar-refractivity contribution is -0.138. The standard InChI is InChI=1S/C26H34O2/c1-7-19-12-14-20(15-13-19)24-22-11-9-8-10-21(22)16-17(2)23(24)25(18(3)27)28-26(4,5)6/h8-11,14,16,19,25H,7,12-13,15H2,1-6H3/t19?,25-/m1/s1. The lowest BCUT2D eigenvalue weighted by atomic mass is 9.80. The van der Waals surface area contributed by atoms with Crippen LogP contribution in [0.2, 0.25) is 0 Å². The van der Waals surface area contributed by atoms with Gasteiger partial charge in [0.25, 0.3) is 0 Å². The van der Waals surface area contributed by atoms with Crippen molar-refractivity contribution in [2.24, 2.45) is 5.92 Å². The molecule has 0 radical (unpaired) electrons. The molecule has 2 aromatic rings. The normalized spacial score (nSPS) is 18.8. The minimum atomic E-state index is -0.538. The molecule has 0 aliphatic heterocycles. The SMILES string of the molecule is CCC1CC=C(c2c([C@H](OC(C)(C)C)C(C)=O)c(C)cc3ccccc23)CC1. The molecule has 0 saturated carbocycles. The molecule has 0 saturated heterocycles. The van der Waals surface area contributed by atoms with E-state index in [2.05, 4.69) is 50.3 Å². The van der Waals surface area contributed by atoms with Crippen molar-refractivity contribution in [3.8, 4) is 0 Å². The van der Waals surface area contributed by atoms with Crippen molar-refractivity contribution < 1.29 is 9.53 Å². The molecule has 0 heterocycles. The Morgan fingerprint density at radius 1 is 1.25 bits per heavy atom. The molecule has 28 heavy (non-hydrogen) atoms. The van der Waals surface area contributed by atoms with E-state index in [0.717, 1.165) is 29.9 Å². The molecule has 3 rings (SSSR count). The summed E-state index contributed by atoms with van der Waals surface area (Å²) in [7, 11) is 0. The van der Waals surface area contributed by atoms with Crippen LogP contribution in [0.4, 0.5) is 0 Å². The number of ether oxygens (including phenoxy) is 1. The number of carbonyl (C=O) groups is 1. The quantitative estimate of drug-likeness (QED) is 0.550. The van der Waals surface area contributed by atoms with Gasteiger partial charge in [0.15, 0.2) is 5.78 Å². The first-order chi connectivity index (χ1) is 13.2. The van der Waals surface area contributed by atoms with Crippen LogP contribution in [0.25, 0.3) is 16.3 Å². The molecule has 1 aliphatic rings. The number of allylic oxidation sites excluding steroid dienone is 2. The predicted octanol–water partition coefficient (Wildman–Crippen LogP) is 7.19. The average Bonchev–Trinajstić information content (AvgIpc) is 2.64. The first kappa shape index (κ1) is 20.8. The zero-order chi connectivity index (χ0) is 20.5. The molecule has 2 aromatic carbocycles. The lowest BCUT2D eigenvalue weighted by Crippen LogP contribution is -2.27. The molecule has 2 nitrogen and oxygen atoms in total. The first-order valence-electron chi connectivity index (χ1n) is 10.6. The summed E-state index contributed by atoms with van der Waals surface area (Å²) in [6.07, 6.45) is 6.52. The molecule has 0 amide bonds. The smallest absolute Gasteiger partial charge is 0.163 e. The van der Waals surface area contributed by atoms with Gasteiger partial charge in [-0.05, 0) is 92.8 Å². The molecule has 0 N–H and O–H groups in total. The first-order valence-corrected chi connectivity index (χ1v) is 10.6. The van der Waals surface area contributed by atoms with Gasteiger partial charge in [-0.1, -0.05) is 49.8 Å². The minimum absolute atomic E-state index is 0.0670. The fraction of sp³-hybridized carbons (Fsp3) is 0.500. The monoisotopic (exact) mass is 378 g/mol. The predicted molar refractivity (Wildman–Crippen MR) is 119 cm³/mol. The molecule has 0 fully saturated rings. The van der Waals surface area contributed by atoms with Gasteiger partial charge in [0.05, 0.1) is 5.60 Å². The Kier molecular flexibility index (Phi) is 6.09. The molecule has 0 aromatic heterocycles. The van der Waals surface area contributed by atoms with Crippen LogP contribution in [0.1, 0.15) is 83.1 Å². The Hall–Kier alpha value is -1.93. The zero-order valence-corrected chi connectivity index (χ0v) is 18.3. The van der Waals surface area contributed by atoms with E-state index in [1.165, 1.54) is 34.8 Å². The highest BCUT2D eigenvalue weighted by Gasteiger charge is 2.30. The summed E-state index contributed by atoms with van der Waals surface area (Å²) in [5.41, 5.74) is 4.41. The number of Topliss-reactive ketones (excluding diaryl/α,β-unsaturated/α-hetero) is 1. The highest BCUT2D eigenvalue weighted by Crippen LogP contribution is 2.42. The summed E-state index contributed by atoms with van der Waals surface area (Å²) >= 11 is 0. The molecule has 0 bridgehead atoms. The van der Waals surface area contributed by atoms with Crippen molar-refractivity contribution in [3.63, 3.8) is 0 Å². The van der Waals surface area contributed by atoms with Gasteiger partial charge in [0, 0.05) is 0 Å². The van der Waals surface area contributed by atoms with Crippen molar-refractivity contribution in [2.45, 2.75) is 78.9 Å². The summed E-state index contributed by atoms with van der Waals surface area (Å²) in [5.74, 6) is 0.843. The van der Waals surface area contributed by atoms with Gasteiger partial charge < -0.3 is 4.74 Å². The third-order valence-electron chi connectivity index (χ3n) is 5.82. The molecule has 1 unspecified atom stereocenters. The van der Waals surface area contributed by atoms with Crippen molar-refractivity contribution in [1.29, 1.82) is 0 Å². The molecule has 150 valence electrons. The maximum atomic E-state index is 12.7. The number of fused-ring (bicyclic) bond motifs is 1. The number of benzene rings is 2. The second-order valence-corrected chi connectivity index (χ2v) is 9.20. The van der Waals surface area contributed by atoms with E-state index < -0.39 is 6.10 Å². The number of hydrogen-bond acceptors (Lipinski definition) is 2. The number of ketones is 1. The van der Waals surface area contributed by atoms with E-state index in [-0.39, 0.29) is 11.4 Å². The van der Waals surface area contributed by atoms with Crippen molar-refractivity contribution in [1.82, 2.24) is 0 Å². The van der Waals surface area contributed by atoms with Gasteiger partial charge in [0.2, 0.25) is 0 Å². The third kappa shape index (κ3) is 4.38. The molecular formula is C26H34O2. The van der Waals surface area contributed by atoms with Gasteiger partial charge in [0.1, 0.15) is 6.10 Å². The van der Waals surface area contributed by atoms with Crippen LogP contribution in [-0.2, 0) is 9.53 Å². The number of carbonyl (C=O) groups excluding carboxylic acids is 1. The molecule has 2 heteroatoms. The highest BCUT2D eigenvalue weighted by atomic mass is 16.5. The van der Waals surface area contributed by atoms with Crippen molar-refractivity contribution >= 4 is 22.1 Å². The van der Waals surface area contributed by atoms with Crippen LogP contribution in [0.5, 0.6) is 0 Å². The maximum Gasteiger partial charge on any atom is 0.163 e. The van der Waals surface area contributed by atoms with Gasteiger partial charge in [-0.3, -0.25) is 4.79 Å². The number of rotatable bonds is 5. The van der Waals surface area contributed by atoms with Gasteiger partial charge >= 0.3 is 0 Å². The fourth-order valence-corrected chi connectivity index (χ4v) is 4.37. The van der Waals surface area contributed by atoms with Crippen molar-refractivity contribution in [3.05, 3.63) is 53.1 Å². The Labute approximate surface area is 170 Å². The van der Waals surface area contributed by atoms with E-state index in [0.29, 0.717) is 0 Å². The van der Waals surface area contributed by atoms with Crippen LogP contribution in [0, 0.1) is 12.8 Å². The van der Waals surface area contributed by atoms with Crippen LogP contribution >= 0.6 is 0 Å². The fourth-order valence-electron chi connectivity index (χ4n) is 4.37. The highest BCUT2D eigenvalue weighted by molar-refractivity contribution is 5.98. The summed E-state index contributed by atoms with van der Waals surface area (Å²) in [6, 6.07) is 10.7. The molecule has 0 spiro atoms. The van der Waals surface area contributed by atoms with Crippen LogP contribution in [0.3, 0.4) is 0 Å². The van der Waals surface area contributed by atoms with Crippen LogP contribution in [-0.4, -0.2) is 11.4 Å². The van der Waals surface area contributed by atoms with Crippen molar-refractivity contribution in [2.75, 3.05) is 0 Å². The minimum Gasteiger partial charge on any atom is -0.360 e. The lowest BCUT2D eigenvalue weighted by Gasteiger charge is -2.31. The summed E-state index contributed by atoms with van der Waals surface area (Å²) < 4.78 is 6.31. The molecule has 2 atom stereocenters. The Bertz CT molecular complexity index is 899. The second kappa shape index (κ2) is 8.21. The van der Waals surface area contributed by atoms with E-state index in [1.807, 2.05) is 20.8 Å². The van der Waals surface area contributed by atoms with Gasteiger partial charge in [-0.2, -0.15) is 0 Å². The maximum absolute atomic E-state index is 12.7. The van der Waals surface area contributed by atoms with Gasteiger partial charge in [-0.25, -0.2) is 0 Å². The Morgan fingerprint density at radius 2 is 1.96 bits per heavy atom. The molecule has 1 aliphatic carbocycles. The summed E-state index contributed by atoms with van der Waals surface area (Å²) in [6.45, 7) is 12.1. The van der Waals surface area contributed by atoms with Gasteiger partial charge in [-0.15, -0.1) is 0 Å². The van der Waals surface area contributed by atoms with E-state index in [4.69, 9.17) is 4.74 Å². The van der Waals surface area contributed by atoms with E-state index in [9.17, 15) is 4.79 Å². The zero-order valence-electron chi connectivity index (χ0n) is 18.3.